The Morgan fingerprint density at radius 3 is 1.46 bits per heavy atom. The minimum atomic E-state index is -0.316. The van der Waals surface area contributed by atoms with Crippen LogP contribution in [0.25, 0.3) is 0 Å². The summed E-state index contributed by atoms with van der Waals surface area (Å²) in [7, 11) is 0. The molecule has 0 aliphatic heterocycles. The molecule has 24 heavy (non-hydrogen) atoms. The summed E-state index contributed by atoms with van der Waals surface area (Å²) in [5.74, 6) is 1.50. The molecule has 0 saturated heterocycles. The van der Waals surface area contributed by atoms with Crippen molar-refractivity contribution in [3.8, 4) is 0 Å². The quantitative estimate of drug-likeness (QED) is 0.562. The maximum absolute atomic E-state index is 11.4. The summed E-state index contributed by atoms with van der Waals surface area (Å²) in [6.07, 6.45) is 8.81. The summed E-state index contributed by atoms with van der Waals surface area (Å²) in [5.41, 5.74) is 0. The van der Waals surface area contributed by atoms with Crippen molar-refractivity contribution in [1.29, 1.82) is 0 Å². The second-order valence-corrected chi connectivity index (χ2v) is 7.46. The smallest absolute Gasteiger partial charge is 0.330 e. The lowest BCUT2D eigenvalue weighted by molar-refractivity contribution is -0.151. The molecule has 2 saturated carbocycles. The predicted octanol–water partition coefficient (Wildman–Crippen LogP) is 4.05. The van der Waals surface area contributed by atoms with Crippen molar-refractivity contribution in [2.24, 2.45) is 23.7 Å². The van der Waals surface area contributed by atoms with Gasteiger partial charge in [-0.15, -0.1) is 0 Å². The van der Waals surface area contributed by atoms with Gasteiger partial charge in [0.15, 0.2) is 0 Å². The molecule has 134 valence electrons. The first kappa shape index (κ1) is 18.8. The fourth-order valence-electron chi connectivity index (χ4n) is 4.42. The number of ether oxygens (including phenoxy) is 2. The van der Waals surface area contributed by atoms with Gasteiger partial charge < -0.3 is 9.47 Å². The molecule has 0 aromatic carbocycles. The number of hydrogen-bond acceptors (Lipinski definition) is 4. The van der Waals surface area contributed by atoms with Crippen LogP contribution >= 0.6 is 0 Å². The molecule has 6 unspecified atom stereocenters. The second kappa shape index (κ2) is 8.50. The van der Waals surface area contributed by atoms with Crippen LogP contribution in [-0.4, -0.2) is 24.1 Å². The summed E-state index contributed by atoms with van der Waals surface area (Å²) in [4.78, 5) is 22.8. The molecule has 0 amide bonds. The van der Waals surface area contributed by atoms with E-state index in [0.717, 1.165) is 38.5 Å². The number of carbonyl (C=O) groups is 2. The molecule has 2 rings (SSSR count). The average Bonchev–Trinajstić information content (AvgIpc) is 2.58. The summed E-state index contributed by atoms with van der Waals surface area (Å²) in [6.45, 7) is 11.3. The fraction of sp³-hybridized carbons (Fsp3) is 0.700. The van der Waals surface area contributed by atoms with E-state index in [9.17, 15) is 9.59 Å². The molecule has 0 spiro atoms. The SMILES string of the molecule is C=CC(=O)OC1CCC(C2CCC(OC(=O)C=C)C(C)C2)CC1C. The van der Waals surface area contributed by atoms with Gasteiger partial charge in [-0.05, 0) is 62.2 Å². The molecular weight excluding hydrogens is 304 g/mol. The van der Waals surface area contributed by atoms with E-state index in [0.29, 0.717) is 23.7 Å². The molecule has 2 fully saturated rings. The minimum Gasteiger partial charge on any atom is -0.459 e. The molecule has 0 bridgehead atoms. The molecule has 0 radical (unpaired) electrons. The Kier molecular flexibility index (Phi) is 6.64. The number of hydrogen-bond donors (Lipinski definition) is 0. The Hall–Kier alpha value is -1.58. The van der Waals surface area contributed by atoms with Crippen LogP contribution in [0.5, 0.6) is 0 Å². The summed E-state index contributed by atoms with van der Waals surface area (Å²) < 4.78 is 10.9. The normalized spacial score (nSPS) is 36.4. The molecule has 6 atom stereocenters. The van der Waals surface area contributed by atoms with Crippen molar-refractivity contribution < 1.29 is 19.1 Å². The molecule has 0 aromatic rings. The highest BCUT2D eigenvalue weighted by Crippen LogP contribution is 2.43. The highest BCUT2D eigenvalue weighted by molar-refractivity contribution is 5.81. The molecule has 0 N–H and O–H groups in total. The molecular formula is C20H30O4. The van der Waals surface area contributed by atoms with Gasteiger partial charge in [-0.1, -0.05) is 27.0 Å². The highest BCUT2D eigenvalue weighted by Gasteiger charge is 2.38. The standard InChI is InChI=1S/C20H30O4/c1-5-19(21)23-17-9-7-15(11-13(17)3)16-8-10-18(14(4)12-16)24-20(22)6-2/h5-6,13-18H,1-2,7-12H2,3-4H3. The Balaban J connectivity index is 1.84. The minimum absolute atomic E-state index is 0.0223. The summed E-state index contributed by atoms with van der Waals surface area (Å²) in [5, 5.41) is 0. The third-order valence-corrected chi connectivity index (χ3v) is 5.80. The van der Waals surface area contributed by atoms with Crippen LogP contribution in [0.1, 0.15) is 52.4 Å². The van der Waals surface area contributed by atoms with E-state index in [1.54, 1.807) is 0 Å². The maximum atomic E-state index is 11.4. The maximum Gasteiger partial charge on any atom is 0.330 e. The molecule has 2 aliphatic rings. The van der Waals surface area contributed by atoms with Crippen LogP contribution in [-0.2, 0) is 19.1 Å². The Morgan fingerprint density at radius 2 is 1.17 bits per heavy atom. The van der Waals surface area contributed by atoms with Gasteiger partial charge in [-0.25, -0.2) is 9.59 Å². The van der Waals surface area contributed by atoms with E-state index >= 15 is 0 Å². The van der Waals surface area contributed by atoms with Gasteiger partial charge >= 0.3 is 11.9 Å². The van der Waals surface area contributed by atoms with Crippen LogP contribution in [0.2, 0.25) is 0 Å². The van der Waals surface area contributed by atoms with E-state index in [1.165, 1.54) is 12.2 Å². The van der Waals surface area contributed by atoms with Gasteiger partial charge in [0.05, 0.1) is 0 Å². The topological polar surface area (TPSA) is 52.6 Å². The summed E-state index contributed by atoms with van der Waals surface area (Å²) in [6, 6.07) is 0. The van der Waals surface area contributed by atoms with Crippen LogP contribution in [0.4, 0.5) is 0 Å². The monoisotopic (exact) mass is 334 g/mol. The van der Waals surface area contributed by atoms with Crippen molar-refractivity contribution in [2.45, 2.75) is 64.6 Å². The molecule has 2 aliphatic carbocycles. The number of esters is 2. The highest BCUT2D eigenvalue weighted by atomic mass is 16.5. The van der Waals surface area contributed by atoms with E-state index < -0.39 is 0 Å². The van der Waals surface area contributed by atoms with Gasteiger partial charge in [0.2, 0.25) is 0 Å². The molecule has 0 heterocycles. The van der Waals surface area contributed by atoms with E-state index in [-0.39, 0.29) is 24.1 Å². The third kappa shape index (κ3) is 4.71. The molecule has 4 heteroatoms. The van der Waals surface area contributed by atoms with Crippen LogP contribution < -0.4 is 0 Å². The number of rotatable bonds is 5. The molecule has 4 nitrogen and oxygen atoms in total. The fourth-order valence-corrected chi connectivity index (χ4v) is 4.42. The van der Waals surface area contributed by atoms with E-state index in [2.05, 4.69) is 27.0 Å². The first-order valence-corrected chi connectivity index (χ1v) is 9.10. The van der Waals surface area contributed by atoms with Crippen LogP contribution in [0, 0.1) is 23.7 Å². The first-order chi connectivity index (χ1) is 11.4. The van der Waals surface area contributed by atoms with Gasteiger partial charge in [0.1, 0.15) is 12.2 Å². The average molecular weight is 334 g/mol. The third-order valence-electron chi connectivity index (χ3n) is 5.80. The second-order valence-electron chi connectivity index (χ2n) is 7.46. The number of carbonyl (C=O) groups excluding carboxylic acids is 2. The zero-order valence-electron chi connectivity index (χ0n) is 14.9. The van der Waals surface area contributed by atoms with E-state index in [4.69, 9.17) is 9.47 Å². The largest absolute Gasteiger partial charge is 0.459 e. The lowest BCUT2D eigenvalue weighted by Gasteiger charge is -2.42. The Bertz CT molecular complexity index is 440. The van der Waals surface area contributed by atoms with Crippen molar-refractivity contribution >= 4 is 11.9 Å². The molecule has 0 aromatic heterocycles. The Morgan fingerprint density at radius 1 is 0.792 bits per heavy atom. The van der Waals surface area contributed by atoms with Crippen molar-refractivity contribution in [1.82, 2.24) is 0 Å². The Labute approximate surface area is 145 Å². The van der Waals surface area contributed by atoms with Gasteiger partial charge in [0.25, 0.3) is 0 Å². The zero-order chi connectivity index (χ0) is 17.7. The first-order valence-electron chi connectivity index (χ1n) is 9.10. The van der Waals surface area contributed by atoms with Crippen molar-refractivity contribution in [2.75, 3.05) is 0 Å². The van der Waals surface area contributed by atoms with Crippen LogP contribution in [0.3, 0.4) is 0 Å². The van der Waals surface area contributed by atoms with E-state index in [1.807, 2.05) is 0 Å². The lowest BCUT2D eigenvalue weighted by atomic mass is 9.67. The van der Waals surface area contributed by atoms with Gasteiger partial charge in [0, 0.05) is 12.2 Å². The van der Waals surface area contributed by atoms with Crippen molar-refractivity contribution in [3.63, 3.8) is 0 Å². The summed E-state index contributed by atoms with van der Waals surface area (Å²) >= 11 is 0. The van der Waals surface area contributed by atoms with Gasteiger partial charge in [-0.3, -0.25) is 0 Å². The zero-order valence-corrected chi connectivity index (χ0v) is 14.9. The van der Waals surface area contributed by atoms with Crippen molar-refractivity contribution in [3.05, 3.63) is 25.3 Å². The predicted molar refractivity (Wildman–Crippen MR) is 93.2 cm³/mol. The van der Waals surface area contributed by atoms with Crippen LogP contribution in [0.15, 0.2) is 25.3 Å². The lowest BCUT2D eigenvalue weighted by Crippen LogP contribution is -2.38. The van der Waals surface area contributed by atoms with Gasteiger partial charge in [-0.2, -0.15) is 0 Å².